The van der Waals surface area contributed by atoms with Gasteiger partial charge in [-0.15, -0.1) is 0 Å². The molecule has 0 radical (unpaired) electrons. The Bertz CT molecular complexity index is 1230. The van der Waals surface area contributed by atoms with Gasteiger partial charge in [-0.05, 0) is 30.3 Å². The fraction of sp³-hybridized carbons (Fsp3) is 0.440. The number of aromatic hydroxyl groups is 3. The molecule has 218 valence electrons. The highest BCUT2D eigenvalue weighted by atomic mass is 16.7. The van der Waals surface area contributed by atoms with E-state index in [-0.39, 0.29) is 17.9 Å². The molecule has 15 nitrogen and oxygen atoms in total. The fourth-order valence-electron chi connectivity index (χ4n) is 4.10. The SMILES string of the molecule is O=C(C(=O)c1ccc(OC2OC(COC3OCC(O)C(O)C3O)C(O)C(O)C2O)cc1O)c1ccc(O)c(O)c1. The predicted octanol–water partition coefficient (Wildman–Crippen LogP) is -2.49. The molecule has 0 amide bonds. The van der Waals surface area contributed by atoms with Crippen molar-refractivity contribution >= 4 is 11.6 Å². The second-order valence-corrected chi connectivity index (χ2v) is 9.26. The molecule has 9 N–H and O–H groups in total. The number of hydrogen-bond donors (Lipinski definition) is 9. The van der Waals surface area contributed by atoms with Crippen molar-refractivity contribution in [3.63, 3.8) is 0 Å². The molecule has 15 heteroatoms. The molecule has 9 unspecified atom stereocenters. The topological polar surface area (TPSA) is 253 Å². The smallest absolute Gasteiger partial charge is 0.237 e. The summed E-state index contributed by atoms with van der Waals surface area (Å²) in [5, 5.41) is 89.5. The third-order valence-electron chi connectivity index (χ3n) is 6.46. The number of aliphatic hydroxyl groups excluding tert-OH is 6. The molecule has 40 heavy (non-hydrogen) atoms. The van der Waals surface area contributed by atoms with Gasteiger partial charge in [-0.3, -0.25) is 9.59 Å². The lowest BCUT2D eigenvalue weighted by molar-refractivity contribution is -0.307. The Morgan fingerprint density at radius 1 is 0.750 bits per heavy atom. The summed E-state index contributed by atoms with van der Waals surface area (Å²) in [5.74, 6) is -4.19. The zero-order valence-corrected chi connectivity index (χ0v) is 20.5. The van der Waals surface area contributed by atoms with Crippen molar-refractivity contribution in [2.75, 3.05) is 13.2 Å². The minimum absolute atomic E-state index is 0.167. The number of phenols is 3. The van der Waals surface area contributed by atoms with Gasteiger partial charge in [0.05, 0.1) is 18.8 Å². The minimum atomic E-state index is -1.79. The van der Waals surface area contributed by atoms with Gasteiger partial charge in [0.15, 0.2) is 17.8 Å². The molecule has 2 aliphatic heterocycles. The first kappa shape index (κ1) is 29.6. The Hall–Kier alpha value is -3.38. The Balaban J connectivity index is 1.42. The molecular weight excluding hydrogens is 540 g/mol. The van der Waals surface area contributed by atoms with E-state index in [2.05, 4.69) is 0 Å². The number of carbonyl (C=O) groups is 2. The maximum Gasteiger partial charge on any atom is 0.237 e. The van der Waals surface area contributed by atoms with Gasteiger partial charge in [0.25, 0.3) is 0 Å². The van der Waals surface area contributed by atoms with Crippen LogP contribution in [0.3, 0.4) is 0 Å². The highest BCUT2D eigenvalue weighted by Crippen LogP contribution is 2.31. The largest absolute Gasteiger partial charge is 0.507 e. The number of ether oxygens (including phenoxy) is 4. The van der Waals surface area contributed by atoms with Gasteiger partial charge in [0.1, 0.15) is 54.2 Å². The number of rotatable bonds is 8. The number of aliphatic hydroxyl groups is 6. The average molecular weight is 568 g/mol. The van der Waals surface area contributed by atoms with E-state index >= 15 is 0 Å². The van der Waals surface area contributed by atoms with E-state index in [1.165, 1.54) is 0 Å². The van der Waals surface area contributed by atoms with Crippen molar-refractivity contribution < 1.29 is 74.5 Å². The van der Waals surface area contributed by atoms with Crippen molar-refractivity contribution in [1.82, 2.24) is 0 Å². The number of phenolic OH excluding ortho intramolecular Hbond substituents is 3. The van der Waals surface area contributed by atoms with Crippen LogP contribution in [0, 0.1) is 0 Å². The van der Waals surface area contributed by atoms with E-state index in [0.717, 1.165) is 36.4 Å². The van der Waals surface area contributed by atoms with Gasteiger partial charge in [0.2, 0.25) is 17.9 Å². The molecule has 2 fully saturated rings. The standard InChI is InChI=1S/C25H28O15/c26-12-4-1-9(5-14(12)28)17(30)18(31)11-3-2-10(6-13(11)27)39-25-23(36)21(34)20(33)16(40-25)8-38-24-22(35)19(32)15(29)7-37-24/h1-6,15-16,19-29,32-36H,7-8H2. The van der Waals surface area contributed by atoms with Crippen LogP contribution in [0.1, 0.15) is 20.7 Å². The third-order valence-corrected chi connectivity index (χ3v) is 6.46. The van der Waals surface area contributed by atoms with Crippen LogP contribution >= 0.6 is 0 Å². The summed E-state index contributed by atoms with van der Waals surface area (Å²) in [5.41, 5.74) is -0.661. The maximum atomic E-state index is 12.6. The van der Waals surface area contributed by atoms with Gasteiger partial charge >= 0.3 is 0 Å². The number of benzene rings is 2. The highest BCUT2D eigenvalue weighted by molar-refractivity contribution is 6.49. The molecule has 0 aliphatic carbocycles. The van der Waals surface area contributed by atoms with Gasteiger partial charge in [-0.25, -0.2) is 0 Å². The van der Waals surface area contributed by atoms with Crippen molar-refractivity contribution in [3.05, 3.63) is 47.5 Å². The molecule has 2 saturated heterocycles. The second kappa shape index (κ2) is 12.0. The number of carbonyl (C=O) groups excluding carboxylic acids is 2. The summed E-state index contributed by atoms with van der Waals surface area (Å²) in [6, 6.07) is 6.16. The van der Waals surface area contributed by atoms with Crippen molar-refractivity contribution in [2.24, 2.45) is 0 Å². The Kier molecular flexibility index (Phi) is 8.89. The van der Waals surface area contributed by atoms with E-state index in [1.54, 1.807) is 0 Å². The predicted molar refractivity (Wildman–Crippen MR) is 128 cm³/mol. The van der Waals surface area contributed by atoms with Crippen LogP contribution in [0.5, 0.6) is 23.0 Å². The Morgan fingerprint density at radius 2 is 1.45 bits per heavy atom. The third kappa shape index (κ3) is 6.02. The molecule has 2 aliphatic rings. The summed E-state index contributed by atoms with van der Waals surface area (Å²) in [6.07, 6.45) is -14.1. The fourth-order valence-corrected chi connectivity index (χ4v) is 4.10. The highest BCUT2D eigenvalue weighted by Gasteiger charge is 2.46. The Labute approximate surface area is 225 Å². The van der Waals surface area contributed by atoms with Crippen LogP contribution in [-0.4, -0.2) is 126 Å². The lowest BCUT2D eigenvalue weighted by atomic mass is 9.99. The zero-order chi connectivity index (χ0) is 29.3. The van der Waals surface area contributed by atoms with Crippen LogP contribution in [0.2, 0.25) is 0 Å². The summed E-state index contributed by atoms with van der Waals surface area (Å²) in [7, 11) is 0. The van der Waals surface area contributed by atoms with E-state index in [1.807, 2.05) is 0 Å². The number of hydrogen-bond acceptors (Lipinski definition) is 15. The van der Waals surface area contributed by atoms with E-state index in [9.17, 15) is 55.5 Å². The second-order valence-electron chi connectivity index (χ2n) is 9.26. The molecular formula is C25H28O15. The molecule has 0 saturated carbocycles. The first-order chi connectivity index (χ1) is 18.9. The molecule has 0 aromatic heterocycles. The first-order valence-corrected chi connectivity index (χ1v) is 12.0. The van der Waals surface area contributed by atoms with Gasteiger partial charge in [0, 0.05) is 11.6 Å². The quantitative estimate of drug-likeness (QED) is 0.0907. The van der Waals surface area contributed by atoms with Crippen LogP contribution in [0.4, 0.5) is 0 Å². The van der Waals surface area contributed by atoms with Gasteiger partial charge in [-0.2, -0.15) is 0 Å². The van der Waals surface area contributed by atoms with E-state index in [0.29, 0.717) is 0 Å². The summed E-state index contributed by atoms with van der Waals surface area (Å²) in [6.45, 7) is -0.849. The van der Waals surface area contributed by atoms with Crippen molar-refractivity contribution in [2.45, 2.75) is 55.3 Å². The Morgan fingerprint density at radius 3 is 2.12 bits per heavy atom. The van der Waals surface area contributed by atoms with Gasteiger partial charge < -0.3 is 64.9 Å². The molecule has 2 heterocycles. The van der Waals surface area contributed by atoms with Crippen LogP contribution in [0.15, 0.2) is 36.4 Å². The zero-order valence-electron chi connectivity index (χ0n) is 20.5. The summed E-state index contributed by atoms with van der Waals surface area (Å²) < 4.78 is 21.4. The van der Waals surface area contributed by atoms with Crippen molar-refractivity contribution in [3.8, 4) is 23.0 Å². The molecule has 2 aromatic carbocycles. The average Bonchev–Trinajstić information content (AvgIpc) is 2.93. The van der Waals surface area contributed by atoms with E-state index < -0.39 is 96.3 Å². The lowest BCUT2D eigenvalue weighted by Gasteiger charge is -2.41. The maximum absolute atomic E-state index is 12.6. The summed E-state index contributed by atoms with van der Waals surface area (Å²) >= 11 is 0. The van der Waals surface area contributed by atoms with Crippen LogP contribution < -0.4 is 4.74 Å². The molecule has 4 rings (SSSR count). The monoisotopic (exact) mass is 568 g/mol. The minimum Gasteiger partial charge on any atom is -0.507 e. The molecule has 0 spiro atoms. The first-order valence-electron chi connectivity index (χ1n) is 12.0. The number of Topliss-reactive ketones (excluding diaryl/α,β-unsaturated/α-hetero) is 2. The van der Waals surface area contributed by atoms with Gasteiger partial charge in [-0.1, -0.05) is 0 Å². The molecule has 9 atom stereocenters. The van der Waals surface area contributed by atoms with Crippen LogP contribution in [-0.2, 0) is 14.2 Å². The summed E-state index contributed by atoms with van der Waals surface area (Å²) in [4.78, 5) is 25.1. The van der Waals surface area contributed by atoms with Crippen molar-refractivity contribution in [1.29, 1.82) is 0 Å². The normalized spacial score (nSPS) is 32.4. The van der Waals surface area contributed by atoms with Crippen LogP contribution in [0.25, 0.3) is 0 Å². The molecule has 2 aromatic rings. The molecule has 0 bridgehead atoms. The lowest BCUT2D eigenvalue weighted by Crippen LogP contribution is -2.61. The van der Waals surface area contributed by atoms with E-state index in [4.69, 9.17) is 18.9 Å². The number of ketones is 2.